The number of aromatic nitrogens is 5. The normalized spacial score (nSPS) is 23.5. The molecule has 0 saturated carbocycles. The first kappa shape index (κ1) is 29.5. The average Bonchev–Trinajstić information content (AvgIpc) is 3.76. The molecule has 0 aliphatic carbocycles. The van der Waals surface area contributed by atoms with Crippen LogP contribution in [0.1, 0.15) is 55.5 Å². The maximum Gasteiger partial charge on any atom is 0.226 e. The number of rotatable bonds is 12. The van der Waals surface area contributed by atoms with Gasteiger partial charge in [0.25, 0.3) is 0 Å². The van der Waals surface area contributed by atoms with Crippen LogP contribution in [0.15, 0.2) is 47.2 Å². The fraction of sp³-hybridized carbons (Fsp3) is 0.533. The second kappa shape index (κ2) is 13.3. The van der Waals surface area contributed by atoms with E-state index in [-0.39, 0.29) is 12.6 Å². The zero-order valence-corrected chi connectivity index (χ0v) is 24.3. The summed E-state index contributed by atoms with van der Waals surface area (Å²) in [4.78, 5) is 16.5. The monoisotopic (exact) mass is 592 g/mol. The molecule has 1 aromatic carbocycles. The number of nitrogens with one attached hydrogen (secondary N) is 2. The highest BCUT2D eigenvalue weighted by Crippen LogP contribution is 2.40. The molecule has 43 heavy (non-hydrogen) atoms. The van der Waals surface area contributed by atoms with Crippen LogP contribution in [0.25, 0.3) is 11.2 Å². The fourth-order valence-electron chi connectivity index (χ4n) is 5.80. The van der Waals surface area contributed by atoms with Gasteiger partial charge in [-0.1, -0.05) is 48.8 Å². The smallest absolute Gasteiger partial charge is 0.226 e. The minimum Gasteiger partial charge on any atom is -0.394 e. The van der Waals surface area contributed by atoms with Gasteiger partial charge in [0.15, 0.2) is 29.0 Å². The number of ether oxygens (including phenoxy) is 1. The molecule has 0 amide bonds. The molecule has 13 heteroatoms. The molecular weight excluding hydrogens is 552 g/mol. The first-order chi connectivity index (χ1) is 21.0. The van der Waals surface area contributed by atoms with E-state index < -0.39 is 24.5 Å². The summed E-state index contributed by atoms with van der Waals surface area (Å²) in [6.45, 7) is 5.53. The number of likely N-dealkylation sites (tertiary alicyclic amines) is 1. The first-order valence-corrected chi connectivity index (χ1v) is 15.1. The Balaban J connectivity index is 1.29. The van der Waals surface area contributed by atoms with E-state index in [1.165, 1.54) is 25.6 Å². The summed E-state index contributed by atoms with van der Waals surface area (Å²) in [7, 11) is 0. The molecule has 6 rings (SSSR count). The molecular formula is C30H40N8O5. The van der Waals surface area contributed by atoms with Crippen LogP contribution >= 0.6 is 0 Å². The Labute approximate surface area is 249 Å². The van der Waals surface area contributed by atoms with Gasteiger partial charge in [-0.25, -0.2) is 4.98 Å². The highest BCUT2D eigenvalue weighted by atomic mass is 16.6. The van der Waals surface area contributed by atoms with Crippen LogP contribution in [-0.4, -0.2) is 95.9 Å². The highest BCUT2D eigenvalue weighted by Gasteiger charge is 2.47. The standard InChI is InChI=1S/C30H40N8O5/c1-2-20-16-22(43-36-20)26-24(40)25(41)29(42-26)38-18-32-23-27(33-21(17-39)15-19-9-5-3-6-10-19)34-30(35-28(23)38)31-11-14-37-12-7-4-8-13-37/h3,5-6,9-10,16,18,21,24-26,29,39-41H,2,4,7-8,11-15,17H2,1H3,(H2,31,33,34,35). The predicted molar refractivity (Wildman–Crippen MR) is 160 cm³/mol. The summed E-state index contributed by atoms with van der Waals surface area (Å²) in [5.74, 6) is 1.18. The fourth-order valence-corrected chi connectivity index (χ4v) is 5.80. The van der Waals surface area contributed by atoms with Gasteiger partial charge in [0, 0.05) is 19.2 Å². The molecule has 2 aliphatic heterocycles. The Bertz CT molecular complexity index is 1470. The molecule has 0 radical (unpaired) electrons. The van der Waals surface area contributed by atoms with Gasteiger partial charge in [0.05, 0.1) is 24.7 Å². The number of nitrogens with zero attached hydrogens (tertiary/aromatic N) is 6. The van der Waals surface area contributed by atoms with Crippen LogP contribution in [0.3, 0.4) is 0 Å². The Morgan fingerprint density at radius 1 is 1.07 bits per heavy atom. The van der Waals surface area contributed by atoms with Crippen molar-refractivity contribution in [2.45, 2.75) is 69.6 Å². The maximum absolute atomic E-state index is 11.1. The van der Waals surface area contributed by atoms with Gasteiger partial charge in [-0.2, -0.15) is 9.97 Å². The van der Waals surface area contributed by atoms with Crippen molar-refractivity contribution < 1.29 is 24.6 Å². The van der Waals surface area contributed by atoms with E-state index in [9.17, 15) is 15.3 Å². The molecule has 5 atom stereocenters. The summed E-state index contributed by atoms with van der Waals surface area (Å²) < 4.78 is 13.2. The van der Waals surface area contributed by atoms with E-state index >= 15 is 0 Å². The van der Waals surface area contributed by atoms with Crippen LogP contribution in [0.5, 0.6) is 0 Å². The zero-order chi connectivity index (χ0) is 29.8. The van der Waals surface area contributed by atoms with Crippen molar-refractivity contribution in [1.29, 1.82) is 0 Å². The number of fused-ring (bicyclic) bond motifs is 1. The molecule has 0 spiro atoms. The summed E-state index contributed by atoms with van der Waals surface area (Å²) in [5.41, 5.74) is 2.67. The lowest BCUT2D eigenvalue weighted by atomic mass is 10.1. The van der Waals surface area contributed by atoms with Crippen molar-refractivity contribution >= 4 is 22.9 Å². The molecule has 2 saturated heterocycles. The minimum atomic E-state index is -1.28. The highest BCUT2D eigenvalue weighted by molar-refractivity contribution is 5.84. The Hall–Kier alpha value is -3.62. The summed E-state index contributed by atoms with van der Waals surface area (Å²) in [6.07, 6.45) is 2.06. The Morgan fingerprint density at radius 3 is 2.63 bits per heavy atom. The summed E-state index contributed by atoms with van der Waals surface area (Å²) in [5, 5.41) is 42.9. The SMILES string of the molecule is CCc1cc(C2OC(n3cnc4c(NC(CO)Cc5ccccc5)nc(NCCN5CCCCC5)nc43)C(O)C2O)on1. The van der Waals surface area contributed by atoms with Crippen molar-refractivity contribution in [3.8, 4) is 0 Å². The van der Waals surface area contributed by atoms with Gasteiger partial charge in [-0.05, 0) is 44.3 Å². The number of hydrogen-bond acceptors (Lipinski definition) is 12. The van der Waals surface area contributed by atoms with Crippen molar-refractivity contribution in [2.24, 2.45) is 0 Å². The Morgan fingerprint density at radius 2 is 1.88 bits per heavy atom. The van der Waals surface area contributed by atoms with Crippen molar-refractivity contribution in [2.75, 3.05) is 43.4 Å². The van der Waals surface area contributed by atoms with Crippen LogP contribution in [0, 0.1) is 0 Å². The van der Waals surface area contributed by atoms with E-state index in [0.29, 0.717) is 48.1 Å². The van der Waals surface area contributed by atoms with E-state index in [2.05, 4.69) is 25.7 Å². The van der Waals surface area contributed by atoms with Crippen molar-refractivity contribution in [3.63, 3.8) is 0 Å². The zero-order valence-electron chi connectivity index (χ0n) is 24.3. The third kappa shape index (κ3) is 6.50. The second-order valence-electron chi connectivity index (χ2n) is 11.3. The summed E-state index contributed by atoms with van der Waals surface area (Å²) >= 11 is 0. The predicted octanol–water partition coefficient (Wildman–Crippen LogP) is 2.28. The maximum atomic E-state index is 11.1. The molecule has 0 bridgehead atoms. The molecule has 2 fully saturated rings. The molecule has 5 unspecified atom stereocenters. The van der Waals surface area contributed by atoms with E-state index in [4.69, 9.17) is 19.2 Å². The molecule has 5 heterocycles. The Kier molecular flexibility index (Phi) is 9.14. The molecule has 3 aromatic heterocycles. The number of aliphatic hydroxyl groups is 3. The lowest BCUT2D eigenvalue weighted by Crippen LogP contribution is -2.34. The number of benzene rings is 1. The number of anilines is 2. The third-order valence-electron chi connectivity index (χ3n) is 8.20. The van der Waals surface area contributed by atoms with Crippen molar-refractivity contribution in [3.05, 3.63) is 59.7 Å². The molecule has 5 N–H and O–H groups in total. The van der Waals surface area contributed by atoms with Crippen LogP contribution in [0.2, 0.25) is 0 Å². The molecule has 13 nitrogen and oxygen atoms in total. The van der Waals surface area contributed by atoms with Crippen LogP contribution in [-0.2, 0) is 17.6 Å². The van der Waals surface area contributed by atoms with Crippen LogP contribution in [0.4, 0.5) is 11.8 Å². The van der Waals surface area contributed by atoms with E-state index in [1.807, 2.05) is 37.3 Å². The first-order valence-electron chi connectivity index (χ1n) is 15.1. The molecule has 4 aromatic rings. The minimum absolute atomic E-state index is 0.117. The van der Waals surface area contributed by atoms with E-state index in [0.717, 1.165) is 30.9 Å². The molecule has 230 valence electrons. The lowest BCUT2D eigenvalue weighted by molar-refractivity contribution is -0.0434. The van der Waals surface area contributed by atoms with Crippen molar-refractivity contribution in [1.82, 2.24) is 29.6 Å². The molecule has 2 aliphatic rings. The number of aryl methyl sites for hydroxylation is 1. The van der Waals surface area contributed by atoms with E-state index in [1.54, 1.807) is 10.6 Å². The largest absolute Gasteiger partial charge is 0.394 e. The van der Waals surface area contributed by atoms with Gasteiger partial charge in [-0.3, -0.25) is 4.57 Å². The van der Waals surface area contributed by atoms with Crippen LogP contribution < -0.4 is 10.6 Å². The average molecular weight is 593 g/mol. The van der Waals surface area contributed by atoms with Gasteiger partial charge in [-0.15, -0.1) is 0 Å². The topological polar surface area (TPSA) is 167 Å². The lowest BCUT2D eigenvalue weighted by Gasteiger charge is -2.26. The van der Waals surface area contributed by atoms with Gasteiger partial charge < -0.3 is 40.1 Å². The number of imidazole rings is 1. The summed E-state index contributed by atoms with van der Waals surface area (Å²) in [6, 6.07) is 11.3. The third-order valence-corrected chi connectivity index (χ3v) is 8.20. The van der Waals surface area contributed by atoms with Gasteiger partial charge in [0.2, 0.25) is 5.95 Å². The van der Waals surface area contributed by atoms with Gasteiger partial charge in [0.1, 0.15) is 18.3 Å². The quantitative estimate of drug-likeness (QED) is 0.163. The number of hydrogen-bond donors (Lipinski definition) is 5. The number of piperidine rings is 1. The number of aliphatic hydroxyl groups excluding tert-OH is 3. The second-order valence-corrected chi connectivity index (χ2v) is 11.3. The van der Waals surface area contributed by atoms with Gasteiger partial charge >= 0.3 is 0 Å².